The molecule has 0 aliphatic rings. The molecule has 0 saturated carbocycles. The zero-order valence-corrected chi connectivity index (χ0v) is 22.8. The van der Waals surface area contributed by atoms with Gasteiger partial charge in [0.25, 0.3) is 0 Å². The average Bonchev–Trinajstić information content (AvgIpc) is 3.19. The lowest BCUT2D eigenvalue weighted by molar-refractivity contribution is -0.138. The van der Waals surface area contributed by atoms with Crippen LogP contribution in [0.4, 0.5) is 0 Å². The first-order valence-corrected chi connectivity index (χ1v) is 13.8. The van der Waals surface area contributed by atoms with E-state index in [1.807, 2.05) is 55.5 Å². The van der Waals surface area contributed by atoms with Gasteiger partial charge in [0.1, 0.15) is 24.1 Å². The predicted octanol–water partition coefficient (Wildman–Crippen LogP) is 4.38. The molecule has 0 bridgehead atoms. The van der Waals surface area contributed by atoms with Gasteiger partial charge in [-0.05, 0) is 67.4 Å². The lowest BCUT2D eigenvalue weighted by Crippen LogP contribution is -2.42. The molecule has 8 nitrogen and oxygen atoms in total. The standard InChI is InChI=1S/C30H30N2O6S/c1-4-5-17-38-23-13-15-25(16-14-23)39(35,36)31-28(30(33)34)19-27-21(2)32(29-12-7-6-11-26(27)29)20-22-9-8-10-24(18-22)37-3/h6-16,18,28,31H,17,19-20H2,1-3H3,(H,33,34). The number of carbonyl (C=O) groups is 1. The summed E-state index contributed by atoms with van der Waals surface area (Å²) in [6, 6.07) is 19.9. The van der Waals surface area contributed by atoms with Gasteiger partial charge in [0, 0.05) is 29.6 Å². The number of fused-ring (bicyclic) bond motifs is 1. The van der Waals surface area contributed by atoms with Crippen molar-refractivity contribution in [2.75, 3.05) is 13.7 Å². The van der Waals surface area contributed by atoms with Crippen molar-refractivity contribution in [1.82, 2.24) is 9.29 Å². The van der Waals surface area contributed by atoms with Crippen molar-refractivity contribution in [2.45, 2.75) is 37.8 Å². The normalized spacial score (nSPS) is 12.0. The van der Waals surface area contributed by atoms with E-state index >= 15 is 0 Å². The molecule has 202 valence electrons. The molecule has 0 saturated heterocycles. The highest BCUT2D eigenvalue weighted by atomic mass is 32.2. The number of nitrogens with zero attached hydrogens (tertiary/aromatic N) is 1. The van der Waals surface area contributed by atoms with E-state index in [4.69, 9.17) is 9.47 Å². The van der Waals surface area contributed by atoms with Gasteiger partial charge in [-0.3, -0.25) is 4.79 Å². The van der Waals surface area contributed by atoms with Crippen molar-refractivity contribution in [3.05, 3.63) is 89.6 Å². The number of aromatic nitrogens is 1. The lowest BCUT2D eigenvalue weighted by atomic mass is 10.0. The number of ether oxygens (including phenoxy) is 2. The summed E-state index contributed by atoms with van der Waals surface area (Å²) in [4.78, 5) is 12.2. The van der Waals surface area contributed by atoms with Crippen LogP contribution in [0.15, 0.2) is 77.7 Å². The fourth-order valence-corrected chi connectivity index (χ4v) is 5.65. The minimum absolute atomic E-state index is 0.0249. The van der Waals surface area contributed by atoms with E-state index in [0.717, 1.165) is 33.5 Å². The van der Waals surface area contributed by atoms with Crippen LogP contribution in [-0.2, 0) is 27.8 Å². The number of carboxylic acids is 1. The van der Waals surface area contributed by atoms with E-state index in [9.17, 15) is 18.3 Å². The number of aliphatic carboxylic acids is 1. The first kappa shape index (κ1) is 27.8. The van der Waals surface area contributed by atoms with Gasteiger partial charge in [0.2, 0.25) is 10.0 Å². The Morgan fingerprint density at radius 3 is 2.49 bits per heavy atom. The second-order valence-electron chi connectivity index (χ2n) is 8.92. The van der Waals surface area contributed by atoms with E-state index in [0.29, 0.717) is 12.3 Å². The Kier molecular flexibility index (Phi) is 8.59. The number of sulfonamides is 1. The van der Waals surface area contributed by atoms with Gasteiger partial charge in [0.05, 0.1) is 12.0 Å². The summed E-state index contributed by atoms with van der Waals surface area (Å²) >= 11 is 0. The first-order chi connectivity index (χ1) is 18.7. The van der Waals surface area contributed by atoms with Crippen LogP contribution in [0.5, 0.6) is 11.5 Å². The van der Waals surface area contributed by atoms with E-state index in [1.54, 1.807) is 14.0 Å². The van der Waals surface area contributed by atoms with Crippen molar-refractivity contribution < 1.29 is 27.8 Å². The number of hydrogen-bond acceptors (Lipinski definition) is 5. The van der Waals surface area contributed by atoms with Gasteiger partial charge < -0.3 is 19.1 Å². The number of methoxy groups -OCH3 is 1. The maximum absolute atomic E-state index is 13.1. The summed E-state index contributed by atoms with van der Waals surface area (Å²) in [5, 5.41) is 10.9. The van der Waals surface area contributed by atoms with Crippen molar-refractivity contribution in [3.63, 3.8) is 0 Å². The molecule has 1 unspecified atom stereocenters. The molecule has 0 amide bonds. The monoisotopic (exact) mass is 546 g/mol. The Morgan fingerprint density at radius 1 is 1.05 bits per heavy atom. The molecule has 4 rings (SSSR count). The molecular formula is C30H30N2O6S. The van der Waals surface area contributed by atoms with Gasteiger partial charge in [-0.1, -0.05) is 36.3 Å². The highest BCUT2D eigenvalue weighted by Gasteiger charge is 2.28. The lowest BCUT2D eigenvalue weighted by Gasteiger charge is -2.16. The maximum atomic E-state index is 13.1. The number of carboxylic acid groups (broad SMARTS) is 1. The van der Waals surface area contributed by atoms with Crippen molar-refractivity contribution in [1.29, 1.82) is 0 Å². The number of hydrogen-bond donors (Lipinski definition) is 2. The minimum atomic E-state index is -4.12. The van der Waals surface area contributed by atoms with Crippen molar-refractivity contribution in [2.24, 2.45) is 0 Å². The smallest absolute Gasteiger partial charge is 0.322 e. The van der Waals surface area contributed by atoms with E-state index in [-0.39, 0.29) is 17.9 Å². The zero-order chi connectivity index (χ0) is 28.0. The van der Waals surface area contributed by atoms with E-state index in [2.05, 4.69) is 21.1 Å². The molecule has 9 heteroatoms. The molecule has 0 aliphatic heterocycles. The predicted molar refractivity (Wildman–Crippen MR) is 150 cm³/mol. The summed E-state index contributed by atoms with van der Waals surface area (Å²) < 4.78 is 41.5. The highest BCUT2D eigenvalue weighted by molar-refractivity contribution is 7.89. The Bertz CT molecular complexity index is 1650. The highest BCUT2D eigenvalue weighted by Crippen LogP contribution is 2.29. The topological polar surface area (TPSA) is 107 Å². The summed E-state index contributed by atoms with van der Waals surface area (Å²) in [5.74, 6) is 5.43. The molecule has 0 spiro atoms. The number of rotatable bonds is 11. The molecular weight excluding hydrogens is 516 g/mol. The second-order valence-corrected chi connectivity index (χ2v) is 10.6. The summed E-state index contributed by atoms with van der Waals surface area (Å²) in [7, 11) is -2.50. The van der Waals surface area contributed by atoms with E-state index < -0.39 is 22.0 Å². The number of para-hydroxylation sites is 1. The average molecular weight is 547 g/mol. The minimum Gasteiger partial charge on any atom is -0.497 e. The Balaban J connectivity index is 1.61. The Hall–Kier alpha value is -4.26. The van der Waals surface area contributed by atoms with Crippen LogP contribution in [0.1, 0.15) is 23.7 Å². The third-order valence-electron chi connectivity index (χ3n) is 6.46. The van der Waals surface area contributed by atoms with Gasteiger partial charge in [0.15, 0.2) is 0 Å². The third kappa shape index (κ3) is 6.42. The number of benzene rings is 3. The van der Waals surface area contributed by atoms with Gasteiger partial charge in [-0.15, -0.1) is 5.92 Å². The van der Waals surface area contributed by atoms with E-state index in [1.165, 1.54) is 24.3 Å². The Labute approximate surface area is 228 Å². The van der Waals surface area contributed by atoms with Crippen LogP contribution in [-0.4, -0.2) is 43.8 Å². The van der Waals surface area contributed by atoms with Crippen LogP contribution in [0.3, 0.4) is 0 Å². The molecule has 3 aromatic carbocycles. The van der Waals surface area contributed by atoms with Crippen molar-refractivity contribution >= 4 is 26.9 Å². The molecule has 1 heterocycles. The zero-order valence-electron chi connectivity index (χ0n) is 22.0. The van der Waals surface area contributed by atoms with Gasteiger partial charge in [-0.2, -0.15) is 4.72 Å². The maximum Gasteiger partial charge on any atom is 0.322 e. The van der Waals surface area contributed by atoms with Gasteiger partial charge in [-0.25, -0.2) is 8.42 Å². The molecule has 1 atom stereocenters. The van der Waals surface area contributed by atoms with Crippen LogP contribution >= 0.6 is 0 Å². The fraction of sp³-hybridized carbons (Fsp3) is 0.233. The Morgan fingerprint density at radius 2 is 1.79 bits per heavy atom. The molecule has 4 aromatic rings. The SMILES string of the molecule is CC#CCOc1ccc(S(=O)(=O)NC(Cc2c(C)n(Cc3cccc(OC)c3)c3ccccc23)C(=O)O)cc1. The molecule has 1 aromatic heterocycles. The summed E-state index contributed by atoms with van der Waals surface area (Å²) in [6.07, 6.45) is -0.0249. The second kappa shape index (κ2) is 12.1. The molecule has 2 N–H and O–H groups in total. The first-order valence-electron chi connectivity index (χ1n) is 12.3. The molecule has 39 heavy (non-hydrogen) atoms. The van der Waals surface area contributed by atoms with Gasteiger partial charge >= 0.3 is 5.97 Å². The van der Waals surface area contributed by atoms with Crippen LogP contribution in [0, 0.1) is 18.8 Å². The quantitative estimate of drug-likeness (QED) is 0.271. The third-order valence-corrected chi connectivity index (χ3v) is 7.95. The summed E-state index contributed by atoms with van der Waals surface area (Å²) in [6.45, 7) is 4.35. The van der Waals surface area contributed by atoms with Crippen LogP contribution < -0.4 is 14.2 Å². The number of nitrogens with one attached hydrogen (secondary N) is 1. The fourth-order valence-electron chi connectivity index (χ4n) is 4.46. The summed E-state index contributed by atoms with van der Waals surface area (Å²) in [5.41, 5.74) is 3.59. The molecule has 0 aliphatic carbocycles. The largest absolute Gasteiger partial charge is 0.497 e. The van der Waals surface area contributed by atoms with Crippen LogP contribution in [0.25, 0.3) is 10.9 Å². The molecule has 0 radical (unpaired) electrons. The van der Waals surface area contributed by atoms with Crippen LogP contribution in [0.2, 0.25) is 0 Å². The molecule has 0 fully saturated rings. The van der Waals surface area contributed by atoms with Crippen molar-refractivity contribution in [3.8, 4) is 23.3 Å².